The molecule has 1 amide bonds. The smallest absolute Gasteiger partial charge is 0.409 e. The maximum Gasteiger partial charge on any atom is 0.409 e. The van der Waals surface area contributed by atoms with E-state index in [1.807, 2.05) is 13.8 Å². The molecular formula is C30H53NO4. The lowest BCUT2D eigenvalue weighted by Crippen LogP contribution is -2.62. The van der Waals surface area contributed by atoms with E-state index in [-0.39, 0.29) is 29.1 Å². The van der Waals surface area contributed by atoms with E-state index >= 15 is 0 Å². The molecule has 2 unspecified atom stereocenters. The van der Waals surface area contributed by atoms with Crippen LogP contribution in [0, 0.1) is 52.3 Å². The van der Waals surface area contributed by atoms with E-state index in [9.17, 15) is 15.0 Å². The second kappa shape index (κ2) is 10.5. The quantitative estimate of drug-likeness (QED) is 0.450. The second-order valence-corrected chi connectivity index (χ2v) is 13.2. The summed E-state index contributed by atoms with van der Waals surface area (Å²) in [5.41, 5.74) is 0.521. The third-order valence-electron chi connectivity index (χ3n) is 12.0. The minimum Gasteiger partial charge on any atom is -0.449 e. The number of hydrogen-bond acceptors (Lipinski definition) is 4. The summed E-state index contributed by atoms with van der Waals surface area (Å²) in [5.74, 6) is 3.48. The molecular weight excluding hydrogens is 438 g/mol. The van der Waals surface area contributed by atoms with Gasteiger partial charge >= 0.3 is 6.09 Å². The Morgan fingerprint density at radius 1 is 0.971 bits per heavy atom. The maximum atomic E-state index is 12.3. The van der Waals surface area contributed by atoms with Gasteiger partial charge in [-0.15, -0.1) is 0 Å². The van der Waals surface area contributed by atoms with E-state index in [2.05, 4.69) is 27.7 Å². The lowest BCUT2D eigenvalue weighted by Gasteiger charge is -2.64. The first-order valence-electron chi connectivity index (χ1n) is 14.9. The van der Waals surface area contributed by atoms with Crippen molar-refractivity contribution < 1.29 is 19.7 Å². The van der Waals surface area contributed by atoms with Gasteiger partial charge in [0.1, 0.15) is 0 Å². The number of aliphatic hydroxyl groups is 2. The summed E-state index contributed by atoms with van der Waals surface area (Å²) in [7, 11) is 0. The molecule has 0 aromatic heterocycles. The number of nitrogens with zero attached hydrogens (tertiary/aromatic N) is 1. The summed E-state index contributed by atoms with van der Waals surface area (Å²) in [4.78, 5) is 14.0. The molecule has 0 radical (unpaired) electrons. The van der Waals surface area contributed by atoms with Gasteiger partial charge in [-0.25, -0.2) is 4.79 Å². The molecule has 0 spiro atoms. The number of hydrogen-bond donors (Lipinski definition) is 2. The van der Waals surface area contributed by atoms with E-state index in [1.165, 1.54) is 25.7 Å². The largest absolute Gasteiger partial charge is 0.449 e. The van der Waals surface area contributed by atoms with Crippen LogP contribution >= 0.6 is 0 Å². The van der Waals surface area contributed by atoms with Gasteiger partial charge in [-0.1, -0.05) is 34.1 Å². The van der Waals surface area contributed by atoms with Crippen molar-refractivity contribution in [3.63, 3.8) is 0 Å². The van der Waals surface area contributed by atoms with Crippen molar-refractivity contribution >= 4 is 6.09 Å². The molecule has 0 heterocycles. The zero-order valence-electron chi connectivity index (χ0n) is 23.3. The molecule has 11 atom stereocenters. The molecule has 35 heavy (non-hydrogen) atoms. The van der Waals surface area contributed by atoms with Crippen LogP contribution in [0.1, 0.15) is 99.3 Å². The summed E-state index contributed by atoms with van der Waals surface area (Å²) >= 11 is 0. The number of carbonyl (C=O) groups excluding carboxylic acids is 1. The predicted octanol–water partition coefficient (Wildman–Crippen LogP) is 6.12. The summed E-state index contributed by atoms with van der Waals surface area (Å²) < 4.78 is 5.62. The Hall–Kier alpha value is -0.810. The molecule has 4 rings (SSSR count). The minimum atomic E-state index is -0.234. The Bertz CT molecular complexity index is 740. The molecule has 0 saturated heterocycles. The Balaban J connectivity index is 1.47. The van der Waals surface area contributed by atoms with Crippen molar-refractivity contribution in [2.24, 2.45) is 52.3 Å². The van der Waals surface area contributed by atoms with Crippen LogP contribution in [0.4, 0.5) is 4.79 Å². The van der Waals surface area contributed by atoms with E-state index < -0.39 is 0 Å². The minimum absolute atomic E-state index is 0.186. The van der Waals surface area contributed by atoms with Crippen LogP contribution in [0.3, 0.4) is 0 Å². The summed E-state index contributed by atoms with van der Waals surface area (Å²) in [5, 5.41) is 22.3. The fraction of sp³-hybridized carbons (Fsp3) is 0.967. The van der Waals surface area contributed by atoms with Crippen LogP contribution in [-0.2, 0) is 4.74 Å². The first-order chi connectivity index (χ1) is 16.6. The number of rotatable bonds is 7. The van der Waals surface area contributed by atoms with Crippen molar-refractivity contribution in [2.75, 3.05) is 19.7 Å². The van der Waals surface area contributed by atoms with Gasteiger partial charge in [0.15, 0.2) is 0 Å². The highest BCUT2D eigenvalue weighted by Gasteiger charge is 2.64. The van der Waals surface area contributed by atoms with Gasteiger partial charge in [-0.3, -0.25) is 0 Å². The van der Waals surface area contributed by atoms with Gasteiger partial charge in [0.25, 0.3) is 0 Å². The third kappa shape index (κ3) is 4.56. The number of aliphatic hydroxyl groups excluding tert-OH is 2. The molecule has 4 aliphatic rings. The molecule has 4 aliphatic carbocycles. The fourth-order valence-electron chi connectivity index (χ4n) is 10.0. The summed E-state index contributed by atoms with van der Waals surface area (Å²) in [6.07, 6.45) is 9.18. The van der Waals surface area contributed by atoms with Crippen molar-refractivity contribution in [3.05, 3.63) is 0 Å². The summed E-state index contributed by atoms with van der Waals surface area (Å²) in [6.45, 7) is 15.5. The van der Waals surface area contributed by atoms with Crippen LogP contribution < -0.4 is 0 Å². The van der Waals surface area contributed by atoms with E-state index in [0.29, 0.717) is 61.1 Å². The van der Waals surface area contributed by atoms with Crippen LogP contribution in [-0.4, -0.2) is 53.1 Å². The van der Waals surface area contributed by atoms with Gasteiger partial charge in [0.2, 0.25) is 0 Å². The molecule has 5 heteroatoms. The van der Waals surface area contributed by atoms with E-state index in [4.69, 9.17) is 4.74 Å². The van der Waals surface area contributed by atoms with Crippen LogP contribution in [0.15, 0.2) is 0 Å². The normalized spacial score (nSPS) is 45.7. The zero-order chi connectivity index (χ0) is 25.5. The Labute approximate surface area is 214 Å². The molecule has 202 valence electrons. The lowest BCUT2D eigenvalue weighted by atomic mass is 9.41. The van der Waals surface area contributed by atoms with Gasteiger partial charge in [-0.2, -0.15) is 0 Å². The highest BCUT2D eigenvalue weighted by molar-refractivity contribution is 5.67. The van der Waals surface area contributed by atoms with Gasteiger partial charge < -0.3 is 19.8 Å². The highest BCUT2D eigenvalue weighted by atomic mass is 16.6. The molecule has 4 saturated carbocycles. The fourth-order valence-corrected chi connectivity index (χ4v) is 10.0. The first-order valence-corrected chi connectivity index (χ1v) is 14.9. The molecule has 5 nitrogen and oxygen atoms in total. The molecule has 0 bridgehead atoms. The molecule has 2 N–H and O–H groups in total. The first kappa shape index (κ1) is 27.2. The zero-order valence-corrected chi connectivity index (χ0v) is 23.3. The number of carbonyl (C=O) groups is 1. The van der Waals surface area contributed by atoms with Crippen LogP contribution in [0.2, 0.25) is 0 Å². The average Bonchev–Trinajstić information content (AvgIpc) is 3.18. The topological polar surface area (TPSA) is 70.0 Å². The maximum absolute atomic E-state index is 12.3. The van der Waals surface area contributed by atoms with Crippen molar-refractivity contribution in [1.82, 2.24) is 4.90 Å². The van der Waals surface area contributed by atoms with Gasteiger partial charge in [0, 0.05) is 13.1 Å². The van der Waals surface area contributed by atoms with Gasteiger partial charge in [0.05, 0.1) is 18.8 Å². The van der Waals surface area contributed by atoms with Crippen molar-refractivity contribution in [3.8, 4) is 0 Å². The Kier molecular flexibility index (Phi) is 8.18. The van der Waals surface area contributed by atoms with Crippen molar-refractivity contribution in [2.45, 2.75) is 112 Å². The summed E-state index contributed by atoms with van der Waals surface area (Å²) in [6, 6.07) is 0. The van der Waals surface area contributed by atoms with Crippen molar-refractivity contribution in [1.29, 1.82) is 0 Å². The average molecular weight is 492 g/mol. The lowest BCUT2D eigenvalue weighted by molar-refractivity contribution is -0.203. The Morgan fingerprint density at radius 3 is 2.29 bits per heavy atom. The number of ether oxygens (including phenoxy) is 1. The predicted molar refractivity (Wildman–Crippen MR) is 140 cm³/mol. The van der Waals surface area contributed by atoms with E-state index in [0.717, 1.165) is 32.1 Å². The Morgan fingerprint density at radius 2 is 1.63 bits per heavy atom. The monoisotopic (exact) mass is 491 g/mol. The SMILES string of the molecule is CC[C@@H]1C2C[C@H](O)CC[C@]2(C)[C@H]2CCC3(C)[C@@H]([C@H](C)CCOC(=O)N(CC)CC)CC[C@H]3[C@@H]2[C@@H]1O. The molecule has 0 aliphatic heterocycles. The third-order valence-corrected chi connectivity index (χ3v) is 12.0. The molecule has 4 fully saturated rings. The van der Waals surface area contributed by atoms with Crippen LogP contribution in [0.5, 0.6) is 0 Å². The number of fused-ring (bicyclic) bond motifs is 5. The van der Waals surface area contributed by atoms with Gasteiger partial charge in [-0.05, 0) is 117 Å². The number of amides is 1. The molecule has 0 aromatic rings. The highest BCUT2D eigenvalue weighted by Crippen LogP contribution is 2.69. The second-order valence-electron chi connectivity index (χ2n) is 13.2. The van der Waals surface area contributed by atoms with E-state index in [1.54, 1.807) is 4.90 Å². The molecule has 0 aromatic carbocycles. The standard InChI is InChI=1S/C30H53NO4/c1-7-21-25-18-20(32)12-15-30(25,6)24-13-16-29(5)22(10-11-23(29)26(24)27(21)33)19(4)14-17-35-28(34)31(8-2)9-3/h19-27,32-33H,7-18H2,1-6H3/t19-,20-,21-,22-,23+,24+,25?,26+,27-,29?,30-/m1/s1. The van der Waals surface area contributed by atoms with Crippen LogP contribution in [0.25, 0.3) is 0 Å².